The number of rotatable bonds is 4. The van der Waals surface area contributed by atoms with Gasteiger partial charge in [0.1, 0.15) is 0 Å². The van der Waals surface area contributed by atoms with Gasteiger partial charge in [-0.2, -0.15) is 0 Å². The third-order valence-corrected chi connectivity index (χ3v) is 2.84. The molecule has 0 bridgehead atoms. The number of amides is 1. The second-order valence-corrected chi connectivity index (χ2v) is 4.45. The van der Waals surface area contributed by atoms with Crippen molar-refractivity contribution in [3.8, 4) is 0 Å². The van der Waals surface area contributed by atoms with Gasteiger partial charge in [-0.25, -0.2) is 0 Å². The van der Waals surface area contributed by atoms with Crippen LogP contribution in [-0.4, -0.2) is 12.5 Å². The highest BCUT2D eigenvalue weighted by molar-refractivity contribution is 9.10. The molecule has 0 atom stereocenters. The summed E-state index contributed by atoms with van der Waals surface area (Å²) in [6, 6.07) is 5.74. The van der Waals surface area contributed by atoms with Crippen molar-refractivity contribution in [2.45, 2.75) is 26.7 Å². The van der Waals surface area contributed by atoms with Gasteiger partial charge in [0.2, 0.25) is 0 Å². The van der Waals surface area contributed by atoms with Crippen molar-refractivity contribution in [2.24, 2.45) is 0 Å². The summed E-state index contributed by atoms with van der Waals surface area (Å²) in [5.74, 6) is -0.00433. The van der Waals surface area contributed by atoms with Crippen molar-refractivity contribution in [3.63, 3.8) is 0 Å². The van der Waals surface area contributed by atoms with Crippen LogP contribution in [0.25, 0.3) is 0 Å². The molecule has 0 saturated carbocycles. The number of hydrogen-bond donors (Lipinski definition) is 1. The summed E-state index contributed by atoms with van der Waals surface area (Å²) in [7, 11) is 0. The zero-order valence-corrected chi connectivity index (χ0v) is 10.7. The molecule has 3 heteroatoms. The van der Waals surface area contributed by atoms with E-state index < -0.39 is 0 Å². The van der Waals surface area contributed by atoms with Gasteiger partial charge in [0.05, 0.1) is 5.56 Å². The molecule has 2 nitrogen and oxygen atoms in total. The number of benzene rings is 1. The molecule has 0 aliphatic rings. The molecule has 0 heterocycles. The smallest absolute Gasteiger partial charge is 0.252 e. The van der Waals surface area contributed by atoms with Crippen LogP contribution in [0.3, 0.4) is 0 Å². The van der Waals surface area contributed by atoms with Gasteiger partial charge in [-0.1, -0.05) is 19.4 Å². The highest BCUT2D eigenvalue weighted by Crippen LogP contribution is 2.18. The van der Waals surface area contributed by atoms with E-state index in [1.807, 2.05) is 25.1 Å². The van der Waals surface area contributed by atoms with Crippen molar-refractivity contribution < 1.29 is 4.79 Å². The molecule has 0 unspecified atom stereocenters. The van der Waals surface area contributed by atoms with Crippen molar-refractivity contribution >= 4 is 21.8 Å². The van der Waals surface area contributed by atoms with Crippen LogP contribution in [0.4, 0.5) is 0 Å². The lowest BCUT2D eigenvalue weighted by atomic mass is 10.1. The van der Waals surface area contributed by atoms with Crippen LogP contribution in [0, 0.1) is 6.92 Å². The largest absolute Gasteiger partial charge is 0.352 e. The Morgan fingerprint density at radius 1 is 1.47 bits per heavy atom. The van der Waals surface area contributed by atoms with E-state index in [1.54, 1.807) is 0 Å². The van der Waals surface area contributed by atoms with E-state index in [0.717, 1.165) is 29.4 Å². The minimum Gasteiger partial charge on any atom is -0.352 e. The van der Waals surface area contributed by atoms with Gasteiger partial charge in [0, 0.05) is 11.0 Å². The van der Waals surface area contributed by atoms with Crippen LogP contribution in [-0.2, 0) is 0 Å². The summed E-state index contributed by atoms with van der Waals surface area (Å²) in [6.07, 6.45) is 2.12. The summed E-state index contributed by atoms with van der Waals surface area (Å²) >= 11 is 3.40. The number of carbonyl (C=O) groups excluding carboxylic acids is 1. The SMILES string of the molecule is CCCCNC(=O)c1ccc(C)cc1Br. The molecule has 82 valence electrons. The minimum atomic E-state index is -0.00433. The number of nitrogens with one attached hydrogen (secondary N) is 1. The van der Waals surface area contributed by atoms with Crippen molar-refractivity contribution in [3.05, 3.63) is 33.8 Å². The van der Waals surface area contributed by atoms with Crippen LogP contribution < -0.4 is 5.32 Å². The Bertz CT molecular complexity index is 349. The summed E-state index contributed by atoms with van der Waals surface area (Å²) in [6.45, 7) is 4.85. The second-order valence-electron chi connectivity index (χ2n) is 3.59. The normalized spacial score (nSPS) is 10.1. The third kappa shape index (κ3) is 3.67. The topological polar surface area (TPSA) is 29.1 Å². The fraction of sp³-hybridized carbons (Fsp3) is 0.417. The average molecular weight is 270 g/mol. The summed E-state index contributed by atoms with van der Waals surface area (Å²) < 4.78 is 0.858. The van der Waals surface area contributed by atoms with E-state index in [4.69, 9.17) is 0 Å². The molecular weight excluding hydrogens is 254 g/mol. The molecule has 1 rings (SSSR count). The number of hydrogen-bond acceptors (Lipinski definition) is 1. The molecule has 0 saturated heterocycles. The Labute approximate surface area is 99.2 Å². The first-order valence-corrected chi connectivity index (χ1v) is 5.98. The fourth-order valence-corrected chi connectivity index (χ4v) is 1.95. The predicted octanol–water partition coefficient (Wildman–Crippen LogP) is 3.29. The number of aryl methyl sites for hydroxylation is 1. The quantitative estimate of drug-likeness (QED) is 0.836. The van der Waals surface area contributed by atoms with E-state index in [-0.39, 0.29) is 5.91 Å². The molecule has 0 aliphatic carbocycles. The first-order chi connectivity index (χ1) is 7.15. The molecule has 0 radical (unpaired) electrons. The molecule has 1 N–H and O–H groups in total. The van der Waals surface area contributed by atoms with Crippen molar-refractivity contribution in [1.29, 1.82) is 0 Å². The van der Waals surface area contributed by atoms with Crippen molar-refractivity contribution in [2.75, 3.05) is 6.54 Å². The zero-order valence-electron chi connectivity index (χ0n) is 9.14. The van der Waals surface area contributed by atoms with E-state index >= 15 is 0 Å². The third-order valence-electron chi connectivity index (χ3n) is 2.19. The summed E-state index contributed by atoms with van der Waals surface area (Å²) in [5.41, 5.74) is 1.85. The maximum Gasteiger partial charge on any atom is 0.252 e. The van der Waals surface area contributed by atoms with Gasteiger partial charge in [-0.05, 0) is 47.0 Å². The molecule has 15 heavy (non-hydrogen) atoms. The van der Waals surface area contributed by atoms with E-state index in [0.29, 0.717) is 5.56 Å². The first-order valence-electron chi connectivity index (χ1n) is 5.19. The van der Waals surface area contributed by atoms with E-state index in [1.165, 1.54) is 0 Å². The molecule has 1 aromatic rings. The summed E-state index contributed by atoms with van der Waals surface area (Å²) in [4.78, 5) is 11.7. The Morgan fingerprint density at radius 2 is 2.20 bits per heavy atom. The molecule has 1 aromatic carbocycles. The number of unbranched alkanes of at least 4 members (excludes halogenated alkanes) is 1. The lowest BCUT2D eigenvalue weighted by Crippen LogP contribution is -2.24. The van der Waals surface area contributed by atoms with Crippen LogP contribution in [0.5, 0.6) is 0 Å². The van der Waals surface area contributed by atoms with Crippen LogP contribution in [0.2, 0.25) is 0 Å². The second kappa shape index (κ2) is 5.91. The maximum absolute atomic E-state index is 11.7. The van der Waals surface area contributed by atoms with Gasteiger partial charge in [-0.15, -0.1) is 0 Å². The Balaban J connectivity index is 2.65. The van der Waals surface area contributed by atoms with Crippen LogP contribution >= 0.6 is 15.9 Å². The Kier molecular flexibility index (Phi) is 4.82. The first kappa shape index (κ1) is 12.2. The van der Waals surface area contributed by atoms with Gasteiger partial charge in [0.15, 0.2) is 0 Å². The summed E-state index contributed by atoms with van der Waals surface area (Å²) in [5, 5.41) is 2.89. The average Bonchev–Trinajstić information content (AvgIpc) is 2.17. The lowest BCUT2D eigenvalue weighted by Gasteiger charge is -2.06. The molecule has 0 aliphatic heterocycles. The molecule has 0 aromatic heterocycles. The van der Waals surface area contributed by atoms with Crippen LogP contribution in [0.1, 0.15) is 35.7 Å². The highest BCUT2D eigenvalue weighted by atomic mass is 79.9. The standard InChI is InChI=1S/C12H16BrNO/c1-3-4-7-14-12(15)10-6-5-9(2)8-11(10)13/h5-6,8H,3-4,7H2,1-2H3,(H,14,15). The Hall–Kier alpha value is -0.830. The number of carbonyl (C=O) groups is 1. The predicted molar refractivity (Wildman–Crippen MR) is 66.1 cm³/mol. The van der Waals surface area contributed by atoms with E-state index in [9.17, 15) is 4.79 Å². The monoisotopic (exact) mass is 269 g/mol. The Morgan fingerprint density at radius 3 is 2.80 bits per heavy atom. The molecule has 0 fully saturated rings. The molecule has 1 amide bonds. The highest BCUT2D eigenvalue weighted by Gasteiger charge is 2.08. The maximum atomic E-state index is 11.7. The lowest BCUT2D eigenvalue weighted by molar-refractivity contribution is 0.0952. The van der Waals surface area contributed by atoms with Gasteiger partial charge >= 0.3 is 0 Å². The van der Waals surface area contributed by atoms with Gasteiger partial charge < -0.3 is 5.32 Å². The fourth-order valence-electron chi connectivity index (χ4n) is 1.28. The van der Waals surface area contributed by atoms with Gasteiger partial charge in [0.25, 0.3) is 5.91 Å². The number of halogens is 1. The molecular formula is C12H16BrNO. The zero-order chi connectivity index (χ0) is 11.3. The molecule has 0 spiro atoms. The van der Waals surface area contributed by atoms with Gasteiger partial charge in [-0.3, -0.25) is 4.79 Å². The van der Waals surface area contributed by atoms with Crippen molar-refractivity contribution in [1.82, 2.24) is 5.32 Å². The van der Waals surface area contributed by atoms with Crippen LogP contribution in [0.15, 0.2) is 22.7 Å². The minimum absolute atomic E-state index is 0.00433. The van der Waals surface area contributed by atoms with E-state index in [2.05, 4.69) is 28.2 Å².